The van der Waals surface area contributed by atoms with Crippen molar-refractivity contribution in [3.05, 3.63) is 0 Å². The number of likely N-dealkylation sites (tertiary alicyclic amines) is 1. The maximum absolute atomic E-state index is 11.4. The van der Waals surface area contributed by atoms with Gasteiger partial charge in [-0.05, 0) is 6.42 Å². The Hall–Kier alpha value is -1.39. The summed E-state index contributed by atoms with van der Waals surface area (Å²) in [7, 11) is 1.26. The SMILES string of the molecule is COC(=O)C1CCN(C(C)=O)CC1=O. The van der Waals surface area contributed by atoms with Crippen LogP contribution in [0.1, 0.15) is 13.3 Å². The Morgan fingerprint density at radius 1 is 1.50 bits per heavy atom. The van der Waals surface area contributed by atoms with E-state index in [1.165, 1.54) is 18.9 Å². The van der Waals surface area contributed by atoms with Crippen molar-refractivity contribution in [3.63, 3.8) is 0 Å². The smallest absolute Gasteiger partial charge is 0.316 e. The Bertz CT molecular complexity index is 274. The van der Waals surface area contributed by atoms with Gasteiger partial charge in [0.25, 0.3) is 0 Å². The Morgan fingerprint density at radius 3 is 2.57 bits per heavy atom. The molecule has 1 aliphatic rings. The number of ether oxygens (including phenoxy) is 1. The fraction of sp³-hybridized carbons (Fsp3) is 0.667. The van der Waals surface area contributed by atoms with Gasteiger partial charge in [0.15, 0.2) is 5.78 Å². The lowest BCUT2D eigenvalue weighted by atomic mass is 9.95. The molecular weight excluding hydrogens is 186 g/mol. The van der Waals surface area contributed by atoms with E-state index in [4.69, 9.17) is 0 Å². The molecule has 1 atom stereocenters. The number of carbonyl (C=O) groups is 3. The second-order valence-corrected chi connectivity index (χ2v) is 3.27. The number of ketones is 1. The highest BCUT2D eigenvalue weighted by Crippen LogP contribution is 2.15. The highest BCUT2D eigenvalue weighted by Gasteiger charge is 2.33. The molecule has 1 amide bonds. The molecule has 0 spiro atoms. The molecule has 1 aliphatic heterocycles. The van der Waals surface area contributed by atoms with Crippen LogP contribution in [-0.2, 0) is 19.1 Å². The number of carbonyl (C=O) groups excluding carboxylic acids is 3. The Kier molecular flexibility index (Phi) is 3.22. The third-order valence-electron chi connectivity index (χ3n) is 2.35. The molecule has 1 unspecified atom stereocenters. The average molecular weight is 199 g/mol. The molecule has 78 valence electrons. The van der Waals surface area contributed by atoms with Gasteiger partial charge in [-0.15, -0.1) is 0 Å². The molecule has 0 aromatic heterocycles. The summed E-state index contributed by atoms with van der Waals surface area (Å²) < 4.78 is 4.49. The van der Waals surface area contributed by atoms with Gasteiger partial charge in [-0.2, -0.15) is 0 Å². The zero-order chi connectivity index (χ0) is 10.7. The molecule has 1 heterocycles. The van der Waals surface area contributed by atoms with Crippen molar-refractivity contribution in [2.75, 3.05) is 20.2 Å². The van der Waals surface area contributed by atoms with Crippen LogP contribution in [0.5, 0.6) is 0 Å². The van der Waals surface area contributed by atoms with Crippen molar-refractivity contribution in [3.8, 4) is 0 Å². The molecule has 0 radical (unpaired) electrons. The normalized spacial score (nSPS) is 22.0. The molecule has 1 fully saturated rings. The maximum atomic E-state index is 11.4. The van der Waals surface area contributed by atoms with E-state index in [9.17, 15) is 14.4 Å². The van der Waals surface area contributed by atoms with Gasteiger partial charge in [0.1, 0.15) is 5.92 Å². The number of methoxy groups -OCH3 is 1. The van der Waals surface area contributed by atoms with Crippen molar-refractivity contribution < 1.29 is 19.1 Å². The van der Waals surface area contributed by atoms with Crippen LogP contribution in [0.25, 0.3) is 0 Å². The first kappa shape index (κ1) is 10.7. The standard InChI is InChI=1S/C9H13NO4/c1-6(11)10-4-3-7(8(12)5-10)9(13)14-2/h7H,3-5H2,1-2H3. The number of nitrogens with zero attached hydrogens (tertiary/aromatic N) is 1. The minimum absolute atomic E-state index is 0.0229. The summed E-state index contributed by atoms with van der Waals surface area (Å²) in [4.78, 5) is 34.9. The van der Waals surface area contributed by atoms with Crippen LogP contribution >= 0.6 is 0 Å². The lowest BCUT2D eigenvalue weighted by molar-refractivity contribution is -0.153. The number of hydrogen-bond donors (Lipinski definition) is 0. The number of piperidine rings is 1. The number of amides is 1. The Balaban J connectivity index is 2.61. The van der Waals surface area contributed by atoms with Gasteiger partial charge < -0.3 is 9.64 Å². The summed E-state index contributed by atoms with van der Waals surface area (Å²) in [5.41, 5.74) is 0. The summed E-state index contributed by atoms with van der Waals surface area (Å²) in [5.74, 6) is -1.56. The molecule has 0 aliphatic carbocycles. The third kappa shape index (κ3) is 2.10. The lowest BCUT2D eigenvalue weighted by Crippen LogP contribution is -2.45. The van der Waals surface area contributed by atoms with Crippen LogP contribution in [0.2, 0.25) is 0 Å². The quantitative estimate of drug-likeness (QED) is 0.425. The predicted octanol–water partition coefficient (Wildman–Crippen LogP) is -0.403. The minimum Gasteiger partial charge on any atom is -0.468 e. The summed E-state index contributed by atoms with van der Waals surface area (Å²) in [6, 6.07) is 0. The van der Waals surface area contributed by atoms with Crippen LogP contribution in [0, 0.1) is 5.92 Å². The highest BCUT2D eigenvalue weighted by molar-refractivity contribution is 6.01. The zero-order valence-electron chi connectivity index (χ0n) is 8.28. The van der Waals surface area contributed by atoms with Crippen molar-refractivity contribution in [2.24, 2.45) is 5.92 Å². The first-order chi connectivity index (χ1) is 6.56. The van der Waals surface area contributed by atoms with E-state index < -0.39 is 11.9 Å². The van der Waals surface area contributed by atoms with Crippen LogP contribution in [0.3, 0.4) is 0 Å². The third-order valence-corrected chi connectivity index (χ3v) is 2.35. The zero-order valence-corrected chi connectivity index (χ0v) is 8.28. The Morgan fingerprint density at radius 2 is 2.14 bits per heavy atom. The van der Waals surface area contributed by atoms with Gasteiger partial charge in [0, 0.05) is 13.5 Å². The van der Waals surface area contributed by atoms with Crippen molar-refractivity contribution in [1.82, 2.24) is 4.90 Å². The topological polar surface area (TPSA) is 63.7 Å². The fourth-order valence-electron chi connectivity index (χ4n) is 1.48. The summed E-state index contributed by atoms with van der Waals surface area (Å²) >= 11 is 0. The second-order valence-electron chi connectivity index (χ2n) is 3.27. The summed E-state index contributed by atoms with van der Waals surface area (Å²) in [5, 5.41) is 0. The van der Waals surface area contributed by atoms with Crippen molar-refractivity contribution in [2.45, 2.75) is 13.3 Å². The summed E-state index contributed by atoms with van der Waals surface area (Å²) in [6.07, 6.45) is 0.366. The van der Waals surface area contributed by atoms with E-state index in [0.29, 0.717) is 13.0 Å². The first-order valence-electron chi connectivity index (χ1n) is 4.42. The van der Waals surface area contributed by atoms with Gasteiger partial charge in [-0.25, -0.2) is 0 Å². The fourth-order valence-corrected chi connectivity index (χ4v) is 1.48. The summed E-state index contributed by atoms with van der Waals surface area (Å²) in [6.45, 7) is 1.88. The number of esters is 1. The predicted molar refractivity (Wildman–Crippen MR) is 47.4 cm³/mol. The second kappa shape index (κ2) is 4.21. The number of hydrogen-bond acceptors (Lipinski definition) is 4. The molecule has 1 rings (SSSR count). The van der Waals surface area contributed by atoms with Crippen LogP contribution in [0.4, 0.5) is 0 Å². The monoisotopic (exact) mass is 199 g/mol. The molecular formula is C9H13NO4. The van der Waals surface area contributed by atoms with Gasteiger partial charge in [-0.3, -0.25) is 14.4 Å². The number of Topliss-reactive ketones (excluding diaryl/α,β-unsaturated/α-hetero) is 1. The molecule has 5 nitrogen and oxygen atoms in total. The van der Waals surface area contributed by atoms with Gasteiger partial charge in [-0.1, -0.05) is 0 Å². The minimum atomic E-state index is -0.685. The van der Waals surface area contributed by atoms with E-state index >= 15 is 0 Å². The molecule has 0 aromatic rings. The molecule has 0 N–H and O–H groups in total. The van der Waals surface area contributed by atoms with Crippen LogP contribution in [-0.4, -0.2) is 42.8 Å². The molecule has 0 bridgehead atoms. The van der Waals surface area contributed by atoms with E-state index in [1.54, 1.807) is 0 Å². The molecule has 0 aromatic carbocycles. The average Bonchev–Trinajstić information content (AvgIpc) is 2.16. The largest absolute Gasteiger partial charge is 0.468 e. The van der Waals surface area contributed by atoms with E-state index in [2.05, 4.69) is 4.74 Å². The van der Waals surface area contributed by atoms with Crippen molar-refractivity contribution in [1.29, 1.82) is 0 Å². The van der Waals surface area contributed by atoms with Gasteiger partial charge in [0.2, 0.25) is 5.91 Å². The van der Waals surface area contributed by atoms with Crippen molar-refractivity contribution >= 4 is 17.7 Å². The highest BCUT2D eigenvalue weighted by atomic mass is 16.5. The molecule has 14 heavy (non-hydrogen) atoms. The van der Waals surface area contributed by atoms with Crippen LogP contribution < -0.4 is 0 Å². The first-order valence-corrected chi connectivity index (χ1v) is 4.42. The molecule has 0 saturated carbocycles. The number of rotatable bonds is 1. The van der Waals surface area contributed by atoms with E-state index in [0.717, 1.165) is 0 Å². The molecule has 1 saturated heterocycles. The van der Waals surface area contributed by atoms with Crippen LogP contribution in [0.15, 0.2) is 0 Å². The lowest BCUT2D eigenvalue weighted by Gasteiger charge is -2.28. The Labute approximate surface area is 82.0 Å². The van der Waals surface area contributed by atoms with E-state index in [-0.39, 0.29) is 18.2 Å². The van der Waals surface area contributed by atoms with E-state index in [1.807, 2.05) is 0 Å². The molecule has 5 heteroatoms. The van der Waals surface area contributed by atoms with Gasteiger partial charge in [0.05, 0.1) is 13.7 Å². The van der Waals surface area contributed by atoms with Gasteiger partial charge >= 0.3 is 5.97 Å². The maximum Gasteiger partial charge on any atom is 0.316 e.